The number of carbonyl (C=O) groups is 2. The minimum Gasteiger partial charge on any atom is -0.457 e. The minimum absolute atomic E-state index is 0.0104. The van der Waals surface area contributed by atoms with E-state index >= 15 is 0 Å². The summed E-state index contributed by atoms with van der Waals surface area (Å²) in [5.74, 6) is 0.169. The molecule has 5 rings (SSSR count). The Hall–Kier alpha value is -3.90. The minimum atomic E-state index is -0.472. The van der Waals surface area contributed by atoms with Crippen molar-refractivity contribution >= 4 is 23.5 Å². The van der Waals surface area contributed by atoms with E-state index in [1.807, 2.05) is 73.7 Å². The summed E-state index contributed by atoms with van der Waals surface area (Å²) in [4.78, 5) is 25.0. The van der Waals surface area contributed by atoms with E-state index in [0.29, 0.717) is 33.6 Å². The Morgan fingerprint density at radius 3 is 2.34 bits per heavy atom. The number of nitrogens with zero attached hydrogens (tertiary/aromatic N) is 1. The predicted molar refractivity (Wildman–Crippen MR) is 146 cm³/mol. The first-order valence-corrected chi connectivity index (χ1v) is 13.1. The number of rotatable bonds is 9. The molecule has 6 nitrogen and oxygen atoms in total. The third-order valence-electron chi connectivity index (χ3n) is 6.71. The summed E-state index contributed by atoms with van der Waals surface area (Å²) in [5.41, 5.74) is 5.87. The molecule has 1 N–H and O–H groups in total. The Balaban J connectivity index is 1.23. The van der Waals surface area contributed by atoms with Gasteiger partial charge in [-0.05, 0) is 62.4 Å². The van der Waals surface area contributed by atoms with Gasteiger partial charge in [-0.25, -0.2) is 0 Å². The highest BCUT2D eigenvalue weighted by molar-refractivity contribution is 6.31. The molecule has 0 spiro atoms. The molecular formula is C31H29ClN2O4. The number of amides is 1. The van der Waals surface area contributed by atoms with Crippen molar-refractivity contribution in [3.05, 3.63) is 111 Å². The zero-order chi connectivity index (χ0) is 26.6. The average molecular weight is 529 g/mol. The molecule has 0 radical (unpaired) electrons. The van der Waals surface area contributed by atoms with Crippen molar-refractivity contribution in [3.8, 4) is 11.3 Å². The second kappa shape index (κ2) is 11.2. The maximum atomic E-state index is 12.8. The highest BCUT2D eigenvalue weighted by Gasteiger charge is 2.24. The van der Waals surface area contributed by atoms with Gasteiger partial charge in [0, 0.05) is 33.3 Å². The summed E-state index contributed by atoms with van der Waals surface area (Å²) in [7, 11) is 0. The average Bonchev–Trinajstić information content (AvgIpc) is 3.66. The quantitative estimate of drug-likeness (QED) is 0.246. The molecule has 1 aliphatic rings. The van der Waals surface area contributed by atoms with Gasteiger partial charge in [0.2, 0.25) is 0 Å². The van der Waals surface area contributed by atoms with Crippen LogP contribution >= 0.6 is 11.6 Å². The van der Waals surface area contributed by atoms with E-state index in [2.05, 4.69) is 10.5 Å². The smallest absolute Gasteiger partial charge is 0.311 e. The molecule has 1 aromatic heterocycles. The highest BCUT2D eigenvalue weighted by Crippen LogP contribution is 2.29. The fourth-order valence-electron chi connectivity index (χ4n) is 4.36. The summed E-state index contributed by atoms with van der Waals surface area (Å²) < 4.78 is 11.2. The number of aromatic nitrogens is 1. The summed E-state index contributed by atoms with van der Waals surface area (Å²) in [6, 6.07) is 23.4. The summed E-state index contributed by atoms with van der Waals surface area (Å²) in [6.45, 7) is 3.62. The van der Waals surface area contributed by atoms with Crippen LogP contribution in [0.5, 0.6) is 0 Å². The molecular weight excluding hydrogens is 500 g/mol. The van der Waals surface area contributed by atoms with Crippen LogP contribution in [0.25, 0.3) is 11.3 Å². The van der Waals surface area contributed by atoms with Gasteiger partial charge in [-0.15, -0.1) is 0 Å². The number of nitrogens with one attached hydrogen (secondary N) is 1. The largest absolute Gasteiger partial charge is 0.457 e. The van der Waals surface area contributed by atoms with Gasteiger partial charge in [0.05, 0.1) is 12.1 Å². The van der Waals surface area contributed by atoms with Gasteiger partial charge in [0.25, 0.3) is 5.91 Å². The van der Waals surface area contributed by atoms with Gasteiger partial charge in [0.1, 0.15) is 6.10 Å². The van der Waals surface area contributed by atoms with E-state index in [9.17, 15) is 9.59 Å². The van der Waals surface area contributed by atoms with E-state index in [4.69, 9.17) is 20.9 Å². The Kier molecular flexibility index (Phi) is 7.61. The fourth-order valence-corrected chi connectivity index (χ4v) is 4.64. The first-order valence-electron chi connectivity index (χ1n) is 12.8. The molecule has 1 saturated carbocycles. The van der Waals surface area contributed by atoms with Gasteiger partial charge in [-0.3, -0.25) is 9.59 Å². The van der Waals surface area contributed by atoms with Crippen molar-refractivity contribution in [2.45, 2.75) is 51.7 Å². The number of benzene rings is 3. The molecule has 7 heteroatoms. The fraction of sp³-hybridized carbons (Fsp3) is 0.258. The van der Waals surface area contributed by atoms with Gasteiger partial charge in [-0.1, -0.05) is 71.4 Å². The van der Waals surface area contributed by atoms with Crippen molar-refractivity contribution < 1.29 is 18.8 Å². The van der Waals surface area contributed by atoms with Gasteiger partial charge >= 0.3 is 5.97 Å². The predicted octanol–water partition coefficient (Wildman–Crippen LogP) is 6.63. The lowest BCUT2D eigenvalue weighted by Gasteiger charge is -2.15. The maximum Gasteiger partial charge on any atom is 0.311 e. The lowest BCUT2D eigenvalue weighted by Crippen LogP contribution is -2.25. The molecule has 4 aromatic rings. The standard InChI is InChI=1S/C31H29ClN2O4/c1-19-27(18-29(35)37-20(2)26-5-3-4-6-28(26)32)30(38-34-19)23-11-7-21(8-12-23)17-22-9-13-24(14-10-22)31(36)33-25-15-16-25/h3-14,20,25H,15-18H2,1-2H3,(H,33,36). The SMILES string of the molecule is Cc1noc(-c2ccc(Cc3ccc(C(=O)NC4CC4)cc3)cc2)c1CC(=O)OC(C)c1ccccc1Cl. The third-order valence-corrected chi connectivity index (χ3v) is 7.05. The molecule has 1 fully saturated rings. The van der Waals surface area contributed by atoms with E-state index < -0.39 is 6.10 Å². The van der Waals surface area contributed by atoms with Crippen molar-refractivity contribution in [1.82, 2.24) is 10.5 Å². The first-order chi connectivity index (χ1) is 18.4. The maximum absolute atomic E-state index is 12.8. The number of esters is 1. The number of halogens is 1. The molecule has 1 heterocycles. The van der Waals surface area contributed by atoms with Crippen molar-refractivity contribution in [1.29, 1.82) is 0 Å². The van der Waals surface area contributed by atoms with Crippen LogP contribution in [-0.4, -0.2) is 23.1 Å². The first kappa shape index (κ1) is 25.7. The monoisotopic (exact) mass is 528 g/mol. The van der Waals surface area contributed by atoms with E-state index in [1.54, 1.807) is 13.0 Å². The normalized spacial score (nSPS) is 13.7. The lowest BCUT2D eigenvalue weighted by atomic mass is 9.99. The second-order valence-electron chi connectivity index (χ2n) is 9.72. The zero-order valence-electron chi connectivity index (χ0n) is 21.4. The molecule has 0 saturated heterocycles. The van der Waals surface area contributed by atoms with Gasteiger partial charge in [0.15, 0.2) is 5.76 Å². The molecule has 1 unspecified atom stereocenters. The Morgan fingerprint density at radius 2 is 1.68 bits per heavy atom. The zero-order valence-corrected chi connectivity index (χ0v) is 22.1. The Labute approximate surface area is 227 Å². The van der Waals surface area contributed by atoms with Crippen molar-refractivity contribution in [3.63, 3.8) is 0 Å². The Bertz CT molecular complexity index is 1440. The summed E-state index contributed by atoms with van der Waals surface area (Å²) in [6.07, 6.45) is 2.45. The lowest BCUT2D eigenvalue weighted by molar-refractivity contribution is -0.147. The number of hydrogen-bond acceptors (Lipinski definition) is 5. The van der Waals surface area contributed by atoms with Gasteiger partial charge < -0.3 is 14.6 Å². The molecule has 3 aromatic carbocycles. The van der Waals surface area contributed by atoms with Crippen LogP contribution in [0.1, 0.15) is 64.2 Å². The number of ether oxygens (including phenoxy) is 1. The second-order valence-corrected chi connectivity index (χ2v) is 10.1. The molecule has 0 aliphatic heterocycles. The van der Waals surface area contributed by atoms with Crippen LogP contribution in [0, 0.1) is 6.92 Å². The highest BCUT2D eigenvalue weighted by atomic mass is 35.5. The number of carbonyl (C=O) groups excluding carboxylic acids is 2. The van der Waals surface area contributed by atoms with Crippen LogP contribution in [0.2, 0.25) is 5.02 Å². The molecule has 0 bridgehead atoms. The molecule has 1 amide bonds. The number of hydrogen-bond donors (Lipinski definition) is 1. The van der Waals surface area contributed by atoms with Crippen LogP contribution in [0.3, 0.4) is 0 Å². The van der Waals surface area contributed by atoms with E-state index in [0.717, 1.165) is 41.5 Å². The molecule has 194 valence electrons. The third kappa shape index (κ3) is 6.14. The van der Waals surface area contributed by atoms with Crippen molar-refractivity contribution in [2.75, 3.05) is 0 Å². The number of aryl methyl sites for hydroxylation is 1. The van der Waals surface area contributed by atoms with E-state index in [1.165, 1.54) is 0 Å². The molecule has 1 aliphatic carbocycles. The van der Waals surface area contributed by atoms with Crippen molar-refractivity contribution in [2.24, 2.45) is 0 Å². The summed E-state index contributed by atoms with van der Waals surface area (Å²) >= 11 is 6.24. The molecule has 1 atom stereocenters. The van der Waals surface area contributed by atoms with Crippen LogP contribution in [-0.2, 0) is 22.4 Å². The molecule has 38 heavy (non-hydrogen) atoms. The van der Waals surface area contributed by atoms with Crippen LogP contribution < -0.4 is 5.32 Å². The summed E-state index contributed by atoms with van der Waals surface area (Å²) in [5, 5.41) is 7.67. The van der Waals surface area contributed by atoms with Gasteiger partial charge in [-0.2, -0.15) is 0 Å². The Morgan fingerprint density at radius 1 is 1.03 bits per heavy atom. The van der Waals surface area contributed by atoms with E-state index in [-0.39, 0.29) is 18.3 Å². The van der Waals surface area contributed by atoms with Crippen LogP contribution in [0.4, 0.5) is 0 Å². The topological polar surface area (TPSA) is 81.4 Å². The van der Waals surface area contributed by atoms with Crippen LogP contribution in [0.15, 0.2) is 77.3 Å².